The summed E-state index contributed by atoms with van der Waals surface area (Å²) in [7, 11) is 0. The number of nitrogens with one attached hydrogen (secondary N) is 1. The monoisotopic (exact) mass is 432 g/mol. The number of hydrogen-bond acceptors (Lipinski definition) is 5. The maximum Gasteiger partial charge on any atom is 0.216 e. The van der Waals surface area contributed by atoms with E-state index in [0.29, 0.717) is 28.5 Å². The Morgan fingerprint density at radius 3 is 2.77 bits per heavy atom. The summed E-state index contributed by atoms with van der Waals surface area (Å²) in [6, 6.07) is 11.4. The topological polar surface area (TPSA) is 75.4 Å². The molecule has 26 heavy (non-hydrogen) atoms. The first-order chi connectivity index (χ1) is 12.5. The summed E-state index contributed by atoms with van der Waals surface area (Å²) in [6.45, 7) is 4.32. The SMILES string of the molecule is CCOc1cc(Br)cc(/C=N/n2c(-c3ccc(C)cc3)n[nH]c2=S)c1O. The predicted octanol–water partition coefficient (Wildman–Crippen LogP) is 4.67. The number of halogens is 1. The van der Waals surface area contributed by atoms with Gasteiger partial charge in [-0.15, -0.1) is 0 Å². The van der Waals surface area contributed by atoms with Crippen LogP contribution in [-0.2, 0) is 0 Å². The quantitative estimate of drug-likeness (QED) is 0.453. The third-order valence-corrected chi connectivity index (χ3v) is 4.36. The summed E-state index contributed by atoms with van der Waals surface area (Å²) >= 11 is 8.68. The van der Waals surface area contributed by atoms with Gasteiger partial charge in [-0.2, -0.15) is 14.9 Å². The number of aryl methyl sites for hydroxylation is 1. The number of hydrogen-bond donors (Lipinski definition) is 2. The lowest BCUT2D eigenvalue weighted by molar-refractivity contribution is 0.317. The van der Waals surface area contributed by atoms with Crippen molar-refractivity contribution in [2.24, 2.45) is 5.10 Å². The number of ether oxygens (including phenoxy) is 1. The minimum Gasteiger partial charge on any atom is -0.504 e. The fraction of sp³-hybridized carbons (Fsp3) is 0.167. The average Bonchev–Trinajstić information content (AvgIpc) is 2.98. The first kappa shape index (κ1) is 18.3. The van der Waals surface area contributed by atoms with Crippen molar-refractivity contribution in [3.05, 3.63) is 56.8 Å². The van der Waals surface area contributed by atoms with E-state index in [1.165, 1.54) is 10.9 Å². The Morgan fingerprint density at radius 2 is 2.08 bits per heavy atom. The number of aromatic hydroxyl groups is 1. The largest absolute Gasteiger partial charge is 0.504 e. The Balaban J connectivity index is 2.01. The molecule has 0 bridgehead atoms. The molecular weight excluding hydrogens is 416 g/mol. The van der Waals surface area contributed by atoms with Crippen LogP contribution in [0.2, 0.25) is 0 Å². The van der Waals surface area contributed by atoms with Gasteiger partial charge in [0, 0.05) is 15.6 Å². The van der Waals surface area contributed by atoms with Gasteiger partial charge < -0.3 is 9.84 Å². The summed E-state index contributed by atoms with van der Waals surface area (Å²) in [4.78, 5) is 0. The van der Waals surface area contributed by atoms with Crippen molar-refractivity contribution in [2.75, 3.05) is 6.61 Å². The molecule has 0 saturated carbocycles. The maximum absolute atomic E-state index is 10.4. The van der Waals surface area contributed by atoms with Gasteiger partial charge in [0.25, 0.3) is 0 Å². The number of nitrogens with zero attached hydrogens (tertiary/aromatic N) is 3. The highest BCUT2D eigenvalue weighted by Crippen LogP contribution is 2.33. The van der Waals surface area contributed by atoms with Crippen molar-refractivity contribution in [3.63, 3.8) is 0 Å². The number of aromatic amines is 1. The van der Waals surface area contributed by atoms with Crippen LogP contribution in [0.5, 0.6) is 11.5 Å². The van der Waals surface area contributed by atoms with Crippen LogP contribution in [0.4, 0.5) is 0 Å². The van der Waals surface area contributed by atoms with Crippen molar-refractivity contribution >= 4 is 34.4 Å². The summed E-state index contributed by atoms with van der Waals surface area (Å²) in [5.74, 6) is 0.995. The van der Waals surface area contributed by atoms with Gasteiger partial charge in [0.1, 0.15) is 0 Å². The van der Waals surface area contributed by atoms with Crippen molar-refractivity contribution in [1.82, 2.24) is 14.9 Å². The molecule has 8 heteroatoms. The molecule has 3 rings (SSSR count). The predicted molar refractivity (Wildman–Crippen MR) is 108 cm³/mol. The molecule has 1 heterocycles. The molecule has 0 aliphatic carbocycles. The van der Waals surface area contributed by atoms with Crippen LogP contribution in [0.15, 0.2) is 46.0 Å². The molecule has 0 aliphatic rings. The van der Waals surface area contributed by atoms with E-state index in [-0.39, 0.29) is 5.75 Å². The highest BCUT2D eigenvalue weighted by molar-refractivity contribution is 9.10. The molecule has 0 saturated heterocycles. The molecular formula is C18H17BrN4O2S. The molecule has 134 valence electrons. The number of H-pyrrole nitrogens is 1. The molecule has 0 spiro atoms. The summed E-state index contributed by atoms with van der Waals surface area (Å²) < 4.78 is 8.08. The Hall–Kier alpha value is -2.45. The zero-order chi connectivity index (χ0) is 18.7. The zero-order valence-electron chi connectivity index (χ0n) is 14.2. The molecule has 0 amide bonds. The standard InChI is InChI=1S/C18H17BrN4O2S/c1-3-25-15-9-14(19)8-13(16(15)24)10-20-23-17(21-22-18(23)26)12-6-4-11(2)5-7-12/h4-10,24H,3H2,1-2H3,(H,22,26)/b20-10+. The molecule has 3 aromatic rings. The van der Waals surface area contributed by atoms with Crippen LogP contribution >= 0.6 is 28.1 Å². The van der Waals surface area contributed by atoms with E-state index >= 15 is 0 Å². The minimum atomic E-state index is 0.0192. The number of benzene rings is 2. The van der Waals surface area contributed by atoms with Crippen LogP contribution in [-0.4, -0.2) is 32.8 Å². The third kappa shape index (κ3) is 3.86. The van der Waals surface area contributed by atoms with Crippen molar-refractivity contribution in [1.29, 1.82) is 0 Å². The highest BCUT2D eigenvalue weighted by atomic mass is 79.9. The van der Waals surface area contributed by atoms with Crippen molar-refractivity contribution < 1.29 is 9.84 Å². The molecule has 0 unspecified atom stereocenters. The first-order valence-electron chi connectivity index (χ1n) is 7.93. The molecule has 0 atom stereocenters. The highest BCUT2D eigenvalue weighted by Gasteiger charge is 2.11. The Labute approximate surface area is 164 Å². The second kappa shape index (κ2) is 7.84. The Kier molecular flexibility index (Phi) is 5.53. The summed E-state index contributed by atoms with van der Waals surface area (Å²) in [5.41, 5.74) is 2.54. The fourth-order valence-electron chi connectivity index (χ4n) is 2.37. The summed E-state index contributed by atoms with van der Waals surface area (Å²) in [6.07, 6.45) is 1.52. The van der Waals surface area contributed by atoms with E-state index < -0.39 is 0 Å². The lowest BCUT2D eigenvalue weighted by Gasteiger charge is -2.08. The number of phenols is 1. The van der Waals surface area contributed by atoms with E-state index in [9.17, 15) is 5.11 Å². The molecule has 1 aromatic heterocycles. The molecule has 0 fully saturated rings. The van der Waals surface area contributed by atoms with Crippen LogP contribution < -0.4 is 4.74 Å². The maximum atomic E-state index is 10.4. The smallest absolute Gasteiger partial charge is 0.216 e. The van der Waals surface area contributed by atoms with Crippen molar-refractivity contribution in [2.45, 2.75) is 13.8 Å². The molecule has 2 N–H and O–H groups in total. The first-order valence-corrected chi connectivity index (χ1v) is 9.14. The van der Waals surface area contributed by atoms with Gasteiger partial charge in [-0.25, -0.2) is 5.10 Å². The summed E-state index contributed by atoms with van der Waals surface area (Å²) in [5, 5.41) is 21.8. The van der Waals surface area contributed by atoms with Gasteiger partial charge in [-0.1, -0.05) is 45.8 Å². The van der Waals surface area contributed by atoms with Gasteiger partial charge in [0.05, 0.1) is 12.8 Å². The van der Waals surface area contributed by atoms with Crippen molar-refractivity contribution in [3.8, 4) is 22.9 Å². The zero-order valence-corrected chi connectivity index (χ0v) is 16.6. The van der Waals surface area contributed by atoms with Crippen LogP contribution in [0.3, 0.4) is 0 Å². The lowest BCUT2D eigenvalue weighted by atomic mass is 10.1. The van der Waals surface area contributed by atoms with E-state index in [4.69, 9.17) is 17.0 Å². The van der Waals surface area contributed by atoms with Gasteiger partial charge in [0.2, 0.25) is 4.77 Å². The number of phenolic OH excluding ortho intramolecular Hbond substituents is 1. The second-order valence-electron chi connectivity index (χ2n) is 5.55. The normalized spacial score (nSPS) is 11.2. The van der Waals surface area contributed by atoms with Gasteiger partial charge in [-0.3, -0.25) is 0 Å². The average molecular weight is 433 g/mol. The van der Waals surface area contributed by atoms with Crippen LogP contribution in [0, 0.1) is 11.7 Å². The second-order valence-corrected chi connectivity index (χ2v) is 6.85. The third-order valence-electron chi connectivity index (χ3n) is 3.64. The molecule has 2 aromatic carbocycles. The lowest BCUT2D eigenvalue weighted by Crippen LogP contribution is -1.97. The Morgan fingerprint density at radius 1 is 1.35 bits per heavy atom. The molecule has 0 aliphatic heterocycles. The van der Waals surface area contributed by atoms with E-state index in [1.54, 1.807) is 12.1 Å². The minimum absolute atomic E-state index is 0.0192. The Bertz CT molecular complexity index is 1010. The molecule has 0 radical (unpaired) electrons. The van der Waals surface area contributed by atoms with E-state index in [0.717, 1.165) is 15.6 Å². The van der Waals surface area contributed by atoms with Crippen LogP contribution in [0.1, 0.15) is 18.1 Å². The van der Waals surface area contributed by atoms with Gasteiger partial charge in [0.15, 0.2) is 17.3 Å². The number of aromatic nitrogens is 3. The van der Waals surface area contributed by atoms with Crippen LogP contribution in [0.25, 0.3) is 11.4 Å². The fourth-order valence-corrected chi connectivity index (χ4v) is 3.00. The van der Waals surface area contributed by atoms with Gasteiger partial charge >= 0.3 is 0 Å². The van der Waals surface area contributed by atoms with E-state index in [2.05, 4.69) is 31.2 Å². The van der Waals surface area contributed by atoms with E-state index in [1.807, 2.05) is 38.1 Å². The molecule has 6 nitrogen and oxygen atoms in total. The van der Waals surface area contributed by atoms with Gasteiger partial charge in [-0.05, 0) is 38.2 Å². The number of rotatable bonds is 5.